The Hall–Kier alpha value is -4.97. The lowest BCUT2D eigenvalue weighted by molar-refractivity contribution is -0.166. The molecule has 0 radical (unpaired) electrons. The molecule has 384 valence electrons. The molecule has 0 spiro atoms. The number of carbonyl (C=O) groups excluding carboxylic acids is 3. The smallest absolute Gasteiger partial charge is 0.306 e. The van der Waals surface area contributed by atoms with Crippen LogP contribution in [0.5, 0.6) is 0 Å². The third-order valence-electron chi connectivity index (χ3n) is 10.5. The molecule has 0 aliphatic heterocycles. The summed E-state index contributed by atoms with van der Waals surface area (Å²) in [5.74, 6) is -1.07. The van der Waals surface area contributed by atoms with E-state index in [-0.39, 0.29) is 44.0 Å². The van der Waals surface area contributed by atoms with Gasteiger partial charge in [-0.15, -0.1) is 0 Å². The summed E-state index contributed by atoms with van der Waals surface area (Å²) in [5, 5.41) is 0. The maximum atomic E-state index is 12.8. The van der Waals surface area contributed by atoms with Crippen LogP contribution in [0.1, 0.15) is 201 Å². The summed E-state index contributed by atoms with van der Waals surface area (Å²) in [5.41, 5.74) is 0. The Labute approximate surface area is 422 Å². The van der Waals surface area contributed by atoms with Crippen LogP contribution in [-0.4, -0.2) is 37.2 Å². The molecular formula is C63H96O6. The van der Waals surface area contributed by atoms with Crippen LogP contribution in [0.2, 0.25) is 0 Å². The molecule has 0 N–H and O–H groups in total. The fourth-order valence-corrected chi connectivity index (χ4v) is 6.59. The van der Waals surface area contributed by atoms with Gasteiger partial charge in [-0.2, -0.15) is 0 Å². The molecule has 0 amide bonds. The predicted molar refractivity (Wildman–Crippen MR) is 297 cm³/mol. The number of esters is 3. The van der Waals surface area contributed by atoms with E-state index < -0.39 is 6.10 Å². The van der Waals surface area contributed by atoms with Crippen molar-refractivity contribution in [3.63, 3.8) is 0 Å². The number of rotatable bonds is 46. The number of unbranched alkanes of at least 4 members (excludes halogenated alkanes) is 9. The summed E-state index contributed by atoms with van der Waals surface area (Å²) < 4.78 is 16.7. The van der Waals surface area contributed by atoms with Crippen LogP contribution in [0.15, 0.2) is 158 Å². The van der Waals surface area contributed by atoms with Gasteiger partial charge in [-0.25, -0.2) is 0 Å². The topological polar surface area (TPSA) is 78.9 Å². The molecule has 0 fully saturated rings. The van der Waals surface area contributed by atoms with E-state index in [9.17, 15) is 14.4 Å². The number of carbonyl (C=O) groups is 3. The van der Waals surface area contributed by atoms with Gasteiger partial charge >= 0.3 is 17.9 Å². The normalized spacial score (nSPS) is 13.4. The lowest BCUT2D eigenvalue weighted by Crippen LogP contribution is -2.30. The number of ether oxygens (including phenoxy) is 3. The van der Waals surface area contributed by atoms with Gasteiger partial charge in [0.2, 0.25) is 0 Å². The Bertz CT molecular complexity index is 1610. The van der Waals surface area contributed by atoms with Crippen molar-refractivity contribution in [3.05, 3.63) is 158 Å². The minimum absolute atomic E-state index is 0.128. The van der Waals surface area contributed by atoms with Crippen LogP contribution in [-0.2, 0) is 28.6 Å². The van der Waals surface area contributed by atoms with Crippen molar-refractivity contribution < 1.29 is 28.6 Å². The highest BCUT2D eigenvalue weighted by Gasteiger charge is 2.19. The van der Waals surface area contributed by atoms with Gasteiger partial charge in [0.15, 0.2) is 6.10 Å². The second-order valence-electron chi connectivity index (χ2n) is 17.0. The first-order chi connectivity index (χ1) is 34.0. The molecule has 0 aromatic heterocycles. The third kappa shape index (κ3) is 53.8. The Morgan fingerprint density at radius 2 is 0.551 bits per heavy atom. The minimum Gasteiger partial charge on any atom is -0.462 e. The largest absolute Gasteiger partial charge is 0.462 e. The first-order valence-corrected chi connectivity index (χ1v) is 27.0. The molecule has 0 aliphatic rings. The van der Waals surface area contributed by atoms with E-state index in [2.05, 4.69) is 167 Å². The van der Waals surface area contributed by atoms with Crippen molar-refractivity contribution >= 4 is 17.9 Å². The average molecular weight is 949 g/mol. The standard InChI is InChI=1S/C63H96O6/c1-4-7-10-13-16-19-22-25-28-30-31-33-35-38-41-44-47-50-53-56-62(65)68-59-60(58-67-61(64)55-52-49-46-43-40-37-34-27-24-21-18-15-12-9-6-3)69-63(66)57-54-51-48-45-42-39-36-32-29-26-23-20-17-14-11-8-5-2/h7-12,16-21,25-29,31,33-34,36,38-39,41,47,50,60H,4-6,13-15,22-24,30,32,35,37,40,42-46,48-49,51-59H2,1-3H3/b10-7-,11-8-,12-9-,19-16-,20-17-,21-18-,28-25-,29-26-,33-31-,34-27-,39-36-,41-38-,50-47-. The summed E-state index contributed by atoms with van der Waals surface area (Å²) in [7, 11) is 0. The van der Waals surface area contributed by atoms with Gasteiger partial charge in [-0.1, -0.05) is 211 Å². The molecule has 0 aromatic rings. The summed E-state index contributed by atoms with van der Waals surface area (Å²) in [6.45, 7) is 6.17. The van der Waals surface area contributed by atoms with E-state index >= 15 is 0 Å². The number of hydrogen-bond acceptors (Lipinski definition) is 6. The van der Waals surface area contributed by atoms with Crippen LogP contribution in [0.3, 0.4) is 0 Å². The molecular weight excluding hydrogens is 853 g/mol. The van der Waals surface area contributed by atoms with E-state index in [0.29, 0.717) is 12.8 Å². The Kier molecular flexibility index (Phi) is 51.6. The van der Waals surface area contributed by atoms with E-state index in [0.717, 1.165) is 154 Å². The molecule has 69 heavy (non-hydrogen) atoms. The lowest BCUT2D eigenvalue weighted by atomic mass is 10.1. The molecule has 6 nitrogen and oxygen atoms in total. The Morgan fingerprint density at radius 1 is 0.290 bits per heavy atom. The molecule has 0 aromatic carbocycles. The molecule has 0 bridgehead atoms. The van der Waals surface area contributed by atoms with E-state index in [1.165, 1.54) is 0 Å². The fraction of sp³-hybridized carbons (Fsp3) is 0.540. The zero-order chi connectivity index (χ0) is 50.0. The van der Waals surface area contributed by atoms with E-state index in [4.69, 9.17) is 14.2 Å². The van der Waals surface area contributed by atoms with Crippen molar-refractivity contribution in [2.45, 2.75) is 207 Å². The molecule has 0 saturated carbocycles. The van der Waals surface area contributed by atoms with Gasteiger partial charge in [0.25, 0.3) is 0 Å². The minimum atomic E-state index is -0.837. The molecule has 1 unspecified atom stereocenters. The molecule has 1 atom stereocenters. The molecule has 0 aliphatic carbocycles. The average Bonchev–Trinajstić information content (AvgIpc) is 3.35. The summed E-state index contributed by atoms with van der Waals surface area (Å²) in [4.78, 5) is 38.1. The van der Waals surface area contributed by atoms with Gasteiger partial charge in [0.1, 0.15) is 13.2 Å². The molecule has 0 rings (SSSR count). The molecule has 6 heteroatoms. The zero-order valence-electron chi connectivity index (χ0n) is 43.8. The van der Waals surface area contributed by atoms with Crippen LogP contribution in [0, 0.1) is 0 Å². The van der Waals surface area contributed by atoms with Crippen molar-refractivity contribution in [3.8, 4) is 0 Å². The maximum absolute atomic E-state index is 12.8. The highest BCUT2D eigenvalue weighted by atomic mass is 16.6. The van der Waals surface area contributed by atoms with Gasteiger partial charge in [-0.3, -0.25) is 14.4 Å². The van der Waals surface area contributed by atoms with Crippen LogP contribution in [0.25, 0.3) is 0 Å². The van der Waals surface area contributed by atoms with Gasteiger partial charge in [0, 0.05) is 19.3 Å². The van der Waals surface area contributed by atoms with Gasteiger partial charge < -0.3 is 14.2 Å². The van der Waals surface area contributed by atoms with Crippen molar-refractivity contribution in [2.75, 3.05) is 13.2 Å². The Balaban J connectivity index is 4.61. The summed E-state index contributed by atoms with van der Waals surface area (Å²) in [6, 6.07) is 0. The van der Waals surface area contributed by atoms with Crippen LogP contribution in [0.4, 0.5) is 0 Å². The second-order valence-corrected chi connectivity index (χ2v) is 17.0. The highest BCUT2D eigenvalue weighted by molar-refractivity contribution is 5.71. The first kappa shape index (κ1) is 64.0. The number of allylic oxidation sites excluding steroid dienone is 26. The van der Waals surface area contributed by atoms with E-state index in [1.54, 1.807) is 0 Å². The zero-order valence-corrected chi connectivity index (χ0v) is 43.8. The highest BCUT2D eigenvalue weighted by Crippen LogP contribution is 2.12. The molecule has 0 saturated heterocycles. The van der Waals surface area contributed by atoms with Gasteiger partial charge in [-0.05, 0) is 128 Å². The quantitative estimate of drug-likeness (QED) is 0.0262. The summed E-state index contributed by atoms with van der Waals surface area (Å²) in [6.07, 6.45) is 80.9. The monoisotopic (exact) mass is 949 g/mol. The third-order valence-corrected chi connectivity index (χ3v) is 10.5. The van der Waals surface area contributed by atoms with Crippen LogP contribution >= 0.6 is 0 Å². The second kappa shape index (κ2) is 55.6. The van der Waals surface area contributed by atoms with Crippen molar-refractivity contribution in [1.82, 2.24) is 0 Å². The summed E-state index contributed by atoms with van der Waals surface area (Å²) >= 11 is 0. The first-order valence-electron chi connectivity index (χ1n) is 27.0. The number of hydrogen-bond donors (Lipinski definition) is 0. The van der Waals surface area contributed by atoms with Crippen molar-refractivity contribution in [1.29, 1.82) is 0 Å². The van der Waals surface area contributed by atoms with Crippen molar-refractivity contribution in [2.24, 2.45) is 0 Å². The fourth-order valence-electron chi connectivity index (χ4n) is 6.59. The SMILES string of the molecule is CC/C=C\C/C=C\C/C=C\C/C=C\C/C=C\C/C=C\CCC(=O)OCC(COC(=O)CCCCCCC/C=C\C/C=C\C/C=C\CC)OC(=O)CCCCCC/C=C\C/C=C\C/C=C\C/C=C\CC. The Morgan fingerprint density at radius 3 is 0.899 bits per heavy atom. The predicted octanol–water partition coefficient (Wildman–Crippen LogP) is 18.2. The maximum Gasteiger partial charge on any atom is 0.306 e. The lowest BCUT2D eigenvalue weighted by Gasteiger charge is -2.18. The van der Waals surface area contributed by atoms with Gasteiger partial charge in [0.05, 0.1) is 0 Å². The van der Waals surface area contributed by atoms with Crippen LogP contribution < -0.4 is 0 Å². The van der Waals surface area contributed by atoms with E-state index in [1.807, 2.05) is 12.2 Å². The molecule has 0 heterocycles.